The number of nitrogens with one attached hydrogen (secondary N) is 1. The third-order valence-corrected chi connectivity index (χ3v) is 5.53. The minimum atomic E-state index is 0.570. The van der Waals surface area contributed by atoms with Crippen LogP contribution in [0.25, 0.3) is 0 Å². The second kappa shape index (κ2) is 5.32. The fourth-order valence-corrected chi connectivity index (χ4v) is 4.43. The summed E-state index contributed by atoms with van der Waals surface area (Å²) in [5.74, 6) is 0. The number of nitrogens with zero attached hydrogens (tertiary/aromatic N) is 1. The average molecular weight is 264 g/mol. The molecule has 2 nitrogen and oxygen atoms in total. The van der Waals surface area contributed by atoms with Crippen molar-refractivity contribution in [1.29, 1.82) is 0 Å². The summed E-state index contributed by atoms with van der Waals surface area (Å²) in [4.78, 5) is 2.71. The van der Waals surface area contributed by atoms with Crippen molar-refractivity contribution in [3.63, 3.8) is 0 Å². The zero-order valence-corrected chi connectivity index (χ0v) is 12.1. The molecule has 2 atom stereocenters. The van der Waals surface area contributed by atoms with Crippen molar-refractivity contribution in [3.05, 3.63) is 22.4 Å². The Morgan fingerprint density at radius 2 is 2.28 bits per heavy atom. The number of rotatable bonds is 2. The van der Waals surface area contributed by atoms with Crippen LogP contribution in [0.4, 0.5) is 0 Å². The molecule has 3 heteroatoms. The van der Waals surface area contributed by atoms with Crippen molar-refractivity contribution in [2.75, 3.05) is 26.2 Å². The van der Waals surface area contributed by atoms with E-state index in [0.29, 0.717) is 11.5 Å². The van der Waals surface area contributed by atoms with Crippen molar-refractivity contribution in [2.24, 2.45) is 5.41 Å². The lowest BCUT2D eigenvalue weighted by Gasteiger charge is -2.47. The highest BCUT2D eigenvalue weighted by Gasteiger charge is 2.37. The summed E-state index contributed by atoms with van der Waals surface area (Å²) in [5, 5.41) is 8.13. The van der Waals surface area contributed by atoms with Gasteiger partial charge in [-0.25, -0.2) is 0 Å². The van der Waals surface area contributed by atoms with Crippen LogP contribution in [0, 0.1) is 5.41 Å². The van der Waals surface area contributed by atoms with E-state index in [0.717, 1.165) is 0 Å². The molecule has 1 N–H and O–H groups in total. The van der Waals surface area contributed by atoms with Gasteiger partial charge < -0.3 is 5.32 Å². The highest BCUT2D eigenvalue weighted by Crippen LogP contribution is 2.38. The van der Waals surface area contributed by atoms with Crippen LogP contribution in [0.5, 0.6) is 0 Å². The summed E-state index contributed by atoms with van der Waals surface area (Å²) in [6.45, 7) is 7.40. The SMILES string of the molecule is CC(c1ccsc1)N1CCCC2(CCCNC2)C1. The smallest absolute Gasteiger partial charge is 0.0328 e. The fraction of sp³-hybridized carbons (Fsp3) is 0.733. The zero-order valence-electron chi connectivity index (χ0n) is 11.3. The maximum absolute atomic E-state index is 3.61. The van der Waals surface area contributed by atoms with Crippen LogP contribution in [-0.2, 0) is 0 Å². The lowest BCUT2D eigenvalue weighted by Crippen LogP contribution is -2.51. The molecular weight excluding hydrogens is 240 g/mol. The van der Waals surface area contributed by atoms with Crippen LogP contribution >= 0.6 is 11.3 Å². The molecule has 2 aliphatic heterocycles. The highest BCUT2D eigenvalue weighted by molar-refractivity contribution is 7.07. The first-order chi connectivity index (χ1) is 8.79. The molecule has 0 aliphatic carbocycles. The van der Waals surface area contributed by atoms with Crippen molar-refractivity contribution >= 4 is 11.3 Å². The van der Waals surface area contributed by atoms with Gasteiger partial charge in [-0.15, -0.1) is 0 Å². The Bertz CT molecular complexity index is 362. The van der Waals surface area contributed by atoms with Gasteiger partial charge in [0.25, 0.3) is 0 Å². The first kappa shape index (κ1) is 12.6. The lowest BCUT2D eigenvalue weighted by molar-refractivity contribution is 0.0417. The quantitative estimate of drug-likeness (QED) is 0.882. The summed E-state index contributed by atoms with van der Waals surface area (Å²) < 4.78 is 0. The Labute approximate surface area is 114 Å². The van der Waals surface area contributed by atoms with Crippen molar-refractivity contribution in [2.45, 2.75) is 38.6 Å². The fourth-order valence-electron chi connectivity index (χ4n) is 3.68. The number of hydrogen-bond acceptors (Lipinski definition) is 3. The second-order valence-corrected chi connectivity index (χ2v) is 6.87. The normalized spacial score (nSPS) is 31.6. The van der Waals surface area contributed by atoms with Crippen LogP contribution in [0.15, 0.2) is 16.8 Å². The molecule has 2 unspecified atom stereocenters. The van der Waals surface area contributed by atoms with E-state index < -0.39 is 0 Å². The van der Waals surface area contributed by atoms with E-state index in [-0.39, 0.29) is 0 Å². The molecule has 1 spiro atoms. The number of likely N-dealkylation sites (tertiary alicyclic amines) is 1. The largest absolute Gasteiger partial charge is 0.316 e. The first-order valence-corrected chi connectivity index (χ1v) is 8.20. The maximum Gasteiger partial charge on any atom is 0.0328 e. The monoisotopic (exact) mass is 264 g/mol. The molecule has 3 heterocycles. The third-order valence-electron chi connectivity index (χ3n) is 4.82. The van der Waals surface area contributed by atoms with Gasteiger partial charge in [0, 0.05) is 19.1 Å². The molecule has 0 aromatic carbocycles. The van der Waals surface area contributed by atoms with Crippen LogP contribution in [0.3, 0.4) is 0 Å². The van der Waals surface area contributed by atoms with Crippen molar-refractivity contribution < 1.29 is 0 Å². The molecule has 100 valence electrons. The van der Waals surface area contributed by atoms with Gasteiger partial charge in [0.1, 0.15) is 0 Å². The Hall–Kier alpha value is -0.380. The van der Waals surface area contributed by atoms with E-state index in [1.165, 1.54) is 57.4 Å². The Kier molecular flexibility index (Phi) is 3.73. The van der Waals surface area contributed by atoms with Gasteiger partial charge in [0.15, 0.2) is 0 Å². The van der Waals surface area contributed by atoms with Gasteiger partial charge in [-0.3, -0.25) is 4.90 Å². The average Bonchev–Trinajstić information content (AvgIpc) is 2.93. The minimum absolute atomic E-state index is 0.570. The standard InChI is InChI=1S/C15H24N2S/c1-13(14-4-9-18-10-14)17-8-3-6-15(12-17)5-2-7-16-11-15/h4,9-10,13,16H,2-3,5-8,11-12H2,1H3. The van der Waals surface area contributed by atoms with Crippen LogP contribution < -0.4 is 5.32 Å². The van der Waals surface area contributed by atoms with Crippen LogP contribution in [0.1, 0.15) is 44.2 Å². The molecule has 1 aromatic heterocycles. The maximum atomic E-state index is 3.61. The second-order valence-electron chi connectivity index (χ2n) is 6.09. The van der Waals surface area contributed by atoms with E-state index in [9.17, 15) is 0 Å². The Balaban J connectivity index is 1.70. The van der Waals surface area contributed by atoms with Crippen LogP contribution in [0.2, 0.25) is 0 Å². The summed E-state index contributed by atoms with van der Waals surface area (Å²) in [5.41, 5.74) is 2.07. The minimum Gasteiger partial charge on any atom is -0.316 e. The highest BCUT2D eigenvalue weighted by atomic mass is 32.1. The molecule has 0 bridgehead atoms. The predicted molar refractivity (Wildman–Crippen MR) is 78.1 cm³/mol. The third kappa shape index (κ3) is 2.49. The van der Waals surface area contributed by atoms with Gasteiger partial charge >= 0.3 is 0 Å². The molecule has 0 saturated carbocycles. The first-order valence-electron chi connectivity index (χ1n) is 7.26. The zero-order chi connectivity index (χ0) is 12.4. The van der Waals surface area contributed by atoms with Crippen molar-refractivity contribution in [3.8, 4) is 0 Å². The van der Waals surface area contributed by atoms with Gasteiger partial charge in [0.05, 0.1) is 0 Å². The van der Waals surface area contributed by atoms with Crippen molar-refractivity contribution in [1.82, 2.24) is 10.2 Å². The number of piperidine rings is 2. The van der Waals surface area contributed by atoms with Gasteiger partial charge in [-0.05, 0) is 73.5 Å². The Morgan fingerprint density at radius 3 is 3.00 bits per heavy atom. The summed E-state index contributed by atoms with van der Waals surface area (Å²) in [7, 11) is 0. The summed E-state index contributed by atoms with van der Waals surface area (Å²) in [6, 6.07) is 2.88. The molecular formula is C15H24N2S. The molecule has 2 fully saturated rings. The van der Waals surface area contributed by atoms with E-state index in [2.05, 4.69) is 34.0 Å². The van der Waals surface area contributed by atoms with Crippen LogP contribution in [-0.4, -0.2) is 31.1 Å². The van der Waals surface area contributed by atoms with Gasteiger partial charge in [-0.2, -0.15) is 11.3 Å². The number of hydrogen-bond donors (Lipinski definition) is 1. The molecule has 2 saturated heterocycles. The summed E-state index contributed by atoms with van der Waals surface area (Å²) >= 11 is 1.82. The van der Waals surface area contributed by atoms with E-state index >= 15 is 0 Å². The molecule has 3 rings (SSSR count). The topological polar surface area (TPSA) is 15.3 Å². The lowest BCUT2D eigenvalue weighted by atomic mass is 9.74. The van der Waals surface area contributed by atoms with E-state index in [4.69, 9.17) is 0 Å². The van der Waals surface area contributed by atoms with E-state index in [1.54, 1.807) is 0 Å². The van der Waals surface area contributed by atoms with Gasteiger partial charge in [0.2, 0.25) is 0 Å². The molecule has 0 radical (unpaired) electrons. The molecule has 1 aromatic rings. The summed E-state index contributed by atoms with van der Waals surface area (Å²) in [6.07, 6.45) is 5.58. The van der Waals surface area contributed by atoms with E-state index in [1.807, 2.05) is 11.3 Å². The Morgan fingerprint density at radius 1 is 1.39 bits per heavy atom. The molecule has 0 amide bonds. The van der Waals surface area contributed by atoms with Gasteiger partial charge in [-0.1, -0.05) is 0 Å². The molecule has 18 heavy (non-hydrogen) atoms. The predicted octanol–water partition coefficient (Wildman–Crippen LogP) is 3.27. The number of thiophene rings is 1. The molecule has 2 aliphatic rings.